The molecule has 0 aromatic heterocycles. The lowest BCUT2D eigenvalue weighted by molar-refractivity contribution is 0.477. The molecule has 0 amide bonds. The number of aryl methyl sites for hydroxylation is 1. The molecule has 0 aliphatic carbocycles. The predicted octanol–water partition coefficient (Wildman–Crippen LogP) is 3.39. The first-order chi connectivity index (χ1) is 8.09. The molecule has 0 saturated carbocycles. The van der Waals surface area contributed by atoms with E-state index in [1.165, 1.54) is 5.56 Å². The summed E-state index contributed by atoms with van der Waals surface area (Å²) in [5, 5.41) is 9.83. The third-order valence-corrected chi connectivity index (χ3v) is 2.98. The van der Waals surface area contributed by atoms with Crippen LogP contribution in [0.4, 0.5) is 0 Å². The first-order valence-corrected chi connectivity index (χ1v) is 5.74. The first-order valence-electron chi connectivity index (χ1n) is 5.74. The summed E-state index contributed by atoms with van der Waals surface area (Å²) in [6.45, 7) is 4.02. The van der Waals surface area contributed by atoms with Crippen LogP contribution in [-0.2, 0) is 0 Å². The van der Waals surface area contributed by atoms with Gasteiger partial charge in [0.05, 0.1) is 0 Å². The third kappa shape index (κ3) is 2.32. The second kappa shape index (κ2) is 4.60. The summed E-state index contributed by atoms with van der Waals surface area (Å²) >= 11 is 0. The molecular weight excluding hydrogens is 210 g/mol. The van der Waals surface area contributed by atoms with Crippen molar-refractivity contribution in [3.8, 4) is 16.9 Å². The normalized spacial score (nSPS) is 12.4. The molecule has 2 rings (SSSR count). The molecule has 3 N–H and O–H groups in total. The Kier molecular flexibility index (Phi) is 3.16. The van der Waals surface area contributed by atoms with Gasteiger partial charge in [-0.05, 0) is 42.7 Å². The van der Waals surface area contributed by atoms with Gasteiger partial charge in [0.25, 0.3) is 0 Å². The minimum atomic E-state index is 0.000745. The van der Waals surface area contributed by atoms with Crippen LogP contribution in [0, 0.1) is 6.92 Å². The van der Waals surface area contributed by atoms with E-state index in [2.05, 4.69) is 6.07 Å². The van der Waals surface area contributed by atoms with Crippen LogP contribution in [-0.4, -0.2) is 5.11 Å². The predicted molar refractivity (Wildman–Crippen MR) is 70.9 cm³/mol. The average molecular weight is 227 g/mol. The number of para-hydroxylation sites is 1. The van der Waals surface area contributed by atoms with Crippen LogP contribution in [0.25, 0.3) is 11.1 Å². The van der Waals surface area contributed by atoms with Gasteiger partial charge in [0, 0.05) is 11.6 Å². The van der Waals surface area contributed by atoms with E-state index >= 15 is 0 Å². The van der Waals surface area contributed by atoms with Crippen molar-refractivity contribution in [2.75, 3.05) is 0 Å². The van der Waals surface area contributed by atoms with Crippen LogP contribution in [0.15, 0.2) is 42.5 Å². The SMILES string of the molecule is Cc1ccc(-c2ccccc2O)cc1C(C)N. The molecule has 2 nitrogen and oxygen atoms in total. The van der Waals surface area contributed by atoms with Crippen molar-refractivity contribution in [2.45, 2.75) is 19.9 Å². The lowest BCUT2D eigenvalue weighted by Gasteiger charge is -2.12. The molecule has 0 aliphatic rings. The maximum Gasteiger partial charge on any atom is 0.123 e. The van der Waals surface area contributed by atoms with Crippen molar-refractivity contribution in [3.05, 3.63) is 53.6 Å². The van der Waals surface area contributed by atoms with E-state index in [0.29, 0.717) is 5.75 Å². The molecular formula is C15H17NO. The van der Waals surface area contributed by atoms with E-state index < -0.39 is 0 Å². The fraction of sp³-hybridized carbons (Fsp3) is 0.200. The molecule has 17 heavy (non-hydrogen) atoms. The summed E-state index contributed by atoms with van der Waals surface area (Å²) < 4.78 is 0. The number of nitrogens with two attached hydrogens (primary N) is 1. The number of benzene rings is 2. The maximum atomic E-state index is 9.83. The summed E-state index contributed by atoms with van der Waals surface area (Å²) in [7, 11) is 0. The summed E-state index contributed by atoms with van der Waals surface area (Å²) in [5.41, 5.74) is 10.1. The van der Waals surface area contributed by atoms with Gasteiger partial charge in [-0.1, -0.05) is 30.3 Å². The van der Waals surface area contributed by atoms with E-state index in [-0.39, 0.29) is 6.04 Å². The number of aromatic hydroxyl groups is 1. The van der Waals surface area contributed by atoms with Crippen molar-refractivity contribution in [3.63, 3.8) is 0 Å². The van der Waals surface area contributed by atoms with Gasteiger partial charge in [-0.15, -0.1) is 0 Å². The fourth-order valence-corrected chi connectivity index (χ4v) is 2.02. The van der Waals surface area contributed by atoms with Crippen LogP contribution >= 0.6 is 0 Å². The van der Waals surface area contributed by atoms with Crippen molar-refractivity contribution >= 4 is 0 Å². The number of phenolic OH excluding ortho intramolecular Hbond substituents is 1. The van der Waals surface area contributed by atoms with E-state index in [0.717, 1.165) is 16.7 Å². The number of phenols is 1. The lowest BCUT2D eigenvalue weighted by atomic mass is 9.96. The molecule has 0 heterocycles. The standard InChI is InChI=1S/C15H17NO/c1-10-7-8-12(9-14(10)11(2)16)13-5-3-4-6-15(13)17/h3-9,11,17H,16H2,1-2H3. The zero-order valence-electron chi connectivity index (χ0n) is 10.1. The van der Waals surface area contributed by atoms with E-state index in [1.807, 2.05) is 44.2 Å². The smallest absolute Gasteiger partial charge is 0.123 e. The van der Waals surface area contributed by atoms with Gasteiger partial charge in [0.1, 0.15) is 5.75 Å². The van der Waals surface area contributed by atoms with Crippen molar-refractivity contribution < 1.29 is 5.11 Å². The molecule has 0 bridgehead atoms. The highest BCUT2D eigenvalue weighted by Gasteiger charge is 2.08. The number of rotatable bonds is 2. The zero-order valence-corrected chi connectivity index (χ0v) is 10.1. The molecule has 1 unspecified atom stereocenters. The van der Waals surface area contributed by atoms with E-state index in [9.17, 15) is 5.11 Å². The minimum absolute atomic E-state index is 0.000745. The summed E-state index contributed by atoms with van der Waals surface area (Å²) in [4.78, 5) is 0. The highest BCUT2D eigenvalue weighted by molar-refractivity contribution is 5.71. The van der Waals surface area contributed by atoms with E-state index in [1.54, 1.807) is 6.07 Å². The third-order valence-electron chi connectivity index (χ3n) is 2.98. The second-order valence-electron chi connectivity index (χ2n) is 4.38. The van der Waals surface area contributed by atoms with Gasteiger partial charge < -0.3 is 10.8 Å². The highest BCUT2D eigenvalue weighted by Crippen LogP contribution is 2.31. The van der Waals surface area contributed by atoms with Crippen LogP contribution in [0.1, 0.15) is 24.1 Å². The Morgan fingerprint density at radius 3 is 2.47 bits per heavy atom. The topological polar surface area (TPSA) is 46.2 Å². The average Bonchev–Trinajstić information content (AvgIpc) is 2.30. The Bertz CT molecular complexity index is 532. The summed E-state index contributed by atoms with van der Waals surface area (Å²) in [6.07, 6.45) is 0. The van der Waals surface area contributed by atoms with Crippen molar-refractivity contribution in [1.29, 1.82) is 0 Å². The number of hydrogen-bond acceptors (Lipinski definition) is 2. The van der Waals surface area contributed by atoms with Gasteiger partial charge in [0.15, 0.2) is 0 Å². The molecule has 0 aliphatic heterocycles. The largest absolute Gasteiger partial charge is 0.507 e. The molecule has 0 fully saturated rings. The molecule has 2 heteroatoms. The zero-order chi connectivity index (χ0) is 12.4. The molecule has 1 atom stereocenters. The van der Waals surface area contributed by atoms with Gasteiger partial charge >= 0.3 is 0 Å². The van der Waals surface area contributed by atoms with Crippen LogP contribution in [0.3, 0.4) is 0 Å². The quantitative estimate of drug-likeness (QED) is 0.826. The fourth-order valence-electron chi connectivity index (χ4n) is 2.02. The van der Waals surface area contributed by atoms with Crippen molar-refractivity contribution in [1.82, 2.24) is 0 Å². The van der Waals surface area contributed by atoms with Gasteiger partial charge in [-0.25, -0.2) is 0 Å². The molecule has 2 aromatic carbocycles. The Morgan fingerprint density at radius 1 is 1.12 bits per heavy atom. The molecule has 0 spiro atoms. The lowest BCUT2D eigenvalue weighted by Crippen LogP contribution is -2.06. The van der Waals surface area contributed by atoms with Crippen LogP contribution in [0.5, 0.6) is 5.75 Å². The Balaban J connectivity index is 2.54. The molecule has 0 saturated heterocycles. The minimum Gasteiger partial charge on any atom is -0.507 e. The summed E-state index contributed by atoms with van der Waals surface area (Å²) in [6, 6.07) is 13.4. The second-order valence-corrected chi connectivity index (χ2v) is 4.38. The van der Waals surface area contributed by atoms with Gasteiger partial charge in [-0.2, -0.15) is 0 Å². The first kappa shape index (κ1) is 11.7. The Labute approximate surface area is 102 Å². The monoisotopic (exact) mass is 227 g/mol. The van der Waals surface area contributed by atoms with Gasteiger partial charge in [-0.3, -0.25) is 0 Å². The van der Waals surface area contributed by atoms with E-state index in [4.69, 9.17) is 5.73 Å². The molecule has 88 valence electrons. The Morgan fingerprint density at radius 2 is 1.82 bits per heavy atom. The molecule has 0 radical (unpaired) electrons. The van der Waals surface area contributed by atoms with Crippen molar-refractivity contribution in [2.24, 2.45) is 5.73 Å². The summed E-state index contributed by atoms with van der Waals surface area (Å²) in [5.74, 6) is 0.298. The Hall–Kier alpha value is -1.80. The highest BCUT2D eigenvalue weighted by atomic mass is 16.3. The number of hydrogen-bond donors (Lipinski definition) is 2. The molecule has 2 aromatic rings. The maximum absolute atomic E-state index is 9.83. The van der Waals surface area contributed by atoms with Crippen LogP contribution < -0.4 is 5.73 Å². The van der Waals surface area contributed by atoms with Gasteiger partial charge in [0.2, 0.25) is 0 Å². The van der Waals surface area contributed by atoms with Crippen LogP contribution in [0.2, 0.25) is 0 Å².